The molecule has 0 aromatic heterocycles. The highest BCUT2D eigenvalue weighted by molar-refractivity contribution is 5.94. The van der Waals surface area contributed by atoms with Gasteiger partial charge in [0.05, 0.1) is 13.2 Å². The van der Waals surface area contributed by atoms with E-state index in [1.54, 1.807) is 0 Å². The number of benzene rings is 2. The van der Waals surface area contributed by atoms with Gasteiger partial charge in [0, 0.05) is 31.7 Å². The predicted octanol–water partition coefficient (Wildman–Crippen LogP) is 2.76. The molecule has 0 saturated carbocycles. The number of morpholine rings is 1. The molecule has 1 amide bonds. The fourth-order valence-corrected chi connectivity index (χ4v) is 2.84. The molecule has 0 unspecified atom stereocenters. The van der Waals surface area contributed by atoms with Gasteiger partial charge in [-0.1, -0.05) is 42.0 Å². The Kier molecular flexibility index (Phi) is 5.62. The van der Waals surface area contributed by atoms with E-state index in [0.29, 0.717) is 12.1 Å². The summed E-state index contributed by atoms with van der Waals surface area (Å²) in [6.07, 6.45) is 0. The number of rotatable bonds is 5. The van der Waals surface area contributed by atoms with Crippen molar-refractivity contribution in [1.82, 2.24) is 10.2 Å². The minimum absolute atomic E-state index is 0.0337. The number of hydrogen-bond acceptors (Lipinski definition) is 3. The Bertz CT molecular complexity index is 676. The summed E-state index contributed by atoms with van der Waals surface area (Å²) >= 11 is 0. The normalized spacial score (nSPS) is 15.2. The smallest absolute Gasteiger partial charge is 0.251 e. The average molecular weight is 324 g/mol. The van der Waals surface area contributed by atoms with Gasteiger partial charge in [0.1, 0.15) is 0 Å². The van der Waals surface area contributed by atoms with Crippen LogP contribution in [0.25, 0.3) is 0 Å². The first kappa shape index (κ1) is 16.7. The molecule has 24 heavy (non-hydrogen) atoms. The number of nitrogens with one attached hydrogen (secondary N) is 1. The number of carbonyl (C=O) groups is 1. The van der Waals surface area contributed by atoms with Gasteiger partial charge >= 0.3 is 0 Å². The van der Waals surface area contributed by atoms with Crippen LogP contribution in [0.5, 0.6) is 0 Å². The highest BCUT2D eigenvalue weighted by Crippen LogP contribution is 2.10. The van der Waals surface area contributed by atoms with E-state index in [2.05, 4.69) is 34.5 Å². The van der Waals surface area contributed by atoms with Crippen LogP contribution in [0.3, 0.4) is 0 Å². The lowest BCUT2D eigenvalue weighted by Gasteiger charge is -2.26. The van der Waals surface area contributed by atoms with E-state index in [9.17, 15) is 4.79 Å². The third-order valence-electron chi connectivity index (χ3n) is 4.27. The van der Waals surface area contributed by atoms with E-state index in [-0.39, 0.29) is 5.91 Å². The highest BCUT2D eigenvalue weighted by Gasteiger charge is 2.11. The quantitative estimate of drug-likeness (QED) is 0.919. The fraction of sp³-hybridized carbons (Fsp3) is 0.350. The summed E-state index contributed by atoms with van der Waals surface area (Å²) < 4.78 is 5.39. The minimum Gasteiger partial charge on any atom is -0.379 e. The Balaban J connectivity index is 1.56. The molecule has 2 aromatic rings. The second-order valence-electron chi connectivity index (χ2n) is 6.26. The maximum atomic E-state index is 12.2. The number of aryl methyl sites for hydroxylation is 1. The molecular weight excluding hydrogens is 300 g/mol. The van der Waals surface area contributed by atoms with Crippen molar-refractivity contribution in [3.63, 3.8) is 0 Å². The highest BCUT2D eigenvalue weighted by atomic mass is 16.5. The van der Waals surface area contributed by atoms with Crippen molar-refractivity contribution >= 4 is 5.91 Å². The van der Waals surface area contributed by atoms with Gasteiger partial charge in [0.2, 0.25) is 0 Å². The van der Waals surface area contributed by atoms with Crippen LogP contribution in [0.4, 0.5) is 0 Å². The molecule has 3 rings (SSSR count). The van der Waals surface area contributed by atoms with Gasteiger partial charge in [-0.15, -0.1) is 0 Å². The van der Waals surface area contributed by atoms with Gasteiger partial charge in [-0.05, 0) is 30.2 Å². The molecule has 1 N–H and O–H groups in total. The average Bonchev–Trinajstić information content (AvgIpc) is 2.61. The summed E-state index contributed by atoms with van der Waals surface area (Å²) in [4.78, 5) is 14.6. The molecule has 126 valence electrons. The van der Waals surface area contributed by atoms with Crippen LogP contribution in [0.2, 0.25) is 0 Å². The van der Waals surface area contributed by atoms with E-state index in [1.165, 1.54) is 5.56 Å². The molecule has 4 heteroatoms. The largest absolute Gasteiger partial charge is 0.379 e. The molecule has 1 fully saturated rings. The zero-order valence-electron chi connectivity index (χ0n) is 14.1. The van der Waals surface area contributed by atoms with E-state index in [1.807, 2.05) is 31.2 Å². The van der Waals surface area contributed by atoms with Crippen LogP contribution in [0, 0.1) is 6.92 Å². The molecule has 0 spiro atoms. The Hall–Kier alpha value is -2.17. The van der Waals surface area contributed by atoms with Crippen molar-refractivity contribution < 1.29 is 9.53 Å². The SMILES string of the molecule is Cc1ccc(C(=O)NCc2cccc(CN3CCOCC3)c2)cc1. The lowest BCUT2D eigenvalue weighted by atomic mass is 10.1. The third kappa shape index (κ3) is 4.66. The molecule has 0 bridgehead atoms. The Morgan fingerprint density at radius 1 is 1.08 bits per heavy atom. The maximum absolute atomic E-state index is 12.2. The lowest BCUT2D eigenvalue weighted by Crippen LogP contribution is -2.35. The molecule has 0 aliphatic carbocycles. The summed E-state index contributed by atoms with van der Waals surface area (Å²) in [5.74, 6) is -0.0337. The van der Waals surface area contributed by atoms with Crippen molar-refractivity contribution in [3.05, 3.63) is 70.8 Å². The van der Waals surface area contributed by atoms with E-state index in [4.69, 9.17) is 4.74 Å². The molecular formula is C20H24N2O2. The molecule has 0 radical (unpaired) electrons. The van der Waals surface area contributed by atoms with Crippen LogP contribution < -0.4 is 5.32 Å². The van der Waals surface area contributed by atoms with Crippen molar-refractivity contribution in [3.8, 4) is 0 Å². The second kappa shape index (κ2) is 8.08. The topological polar surface area (TPSA) is 41.6 Å². The number of hydrogen-bond donors (Lipinski definition) is 1. The molecule has 1 heterocycles. The van der Waals surface area contributed by atoms with Gasteiger partial charge in [-0.2, -0.15) is 0 Å². The fourth-order valence-electron chi connectivity index (χ4n) is 2.84. The van der Waals surface area contributed by atoms with Crippen molar-refractivity contribution in [1.29, 1.82) is 0 Å². The number of amides is 1. The van der Waals surface area contributed by atoms with Crippen LogP contribution in [-0.4, -0.2) is 37.1 Å². The first-order valence-electron chi connectivity index (χ1n) is 8.43. The van der Waals surface area contributed by atoms with Crippen molar-refractivity contribution in [2.24, 2.45) is 0 Å². The molecule has 1 aliphatic rings. The summed E-state index contributed by atoms with van der Waals surface area (Å²) in [5.41, 5.74) is 4.26. The van der Waals surface area contributed by atoms with E-state index >= 15 is 0 Å². The van der Waals surface area contributed by atoms with Crippen molar-refractivity contribution in [2.45, 2.75) is 20.0 Å². The van der Waals surface area contributed by atoms with Crippen LogP contribution >= 0.6 is 0 Å². The molecule has 2 aromatic carbocycles. The lowest BCUT2D eigenvalue weighted by molar-refractivity contribution is 0.0342. The number of carbonyl (C=O) groups excluding carboxylic acids is 1. The standard InChI is InChI=1S/C20H24N2O2/c1-16-5-7-19(8-6-16)20(23)21-14-17-3-2-4-18(13-17)15-22-9-11-24-12-10-22/h2-8,13H,9-12,14-15H2,1H3,(H,21,23). The maximum Gasteiger partial charge on any atom is 0.251 e. The van der Waals surface area contributed by atoms with Gasteiger partial charge in [-0.3, -0.25) is 9.69 Å². The summed E-state index contributed by atoms with van der Waals surface area (Å²) in [6, 6.07) is 16.1. The number of ether oxygens (including phenoxy) is 1. The second-order valence-corrected chi connectivity index (χ2v) is 6.26. The number of nitrogens with zero attached hydrogens (tertiary/aromatic N) is 1. The van der Waals surface area contributed by atoms with Gasteiger partial charge in [-0.25, -0.2) is 0 Å². The Labute approximate surface area is 143 Å². The zero-order valence-corrected chi connectivity index (χ0v) is 14.1. The Morgan fingerprint density at radius 3 is 2.54 bits per heavy atom. The van der Waals surface area contributed by atoms with Gasteiger partial charge in [0.15, 0.2) is 0 Å². The Morgan fingerprint density at radius 2 is 1.79 bits per heavy atom. The third-order valence-corrected chi connectivity index (χ3v) is 4.27. The van der Waals surface area contributed by atoms with Crippen LogP contribution in [-0.2, 0) is 17.8 Å². The minimum atomic E-state index is -0.0337. The predicted molar refractivity (Wildman–Crippen MR) is 94.9 cm³/mol. The van der Waals surface area contributed by atoms with Crippen molar-refractivity contribution in [2.75, 3.05) is 26.3 Å². The summed E-state index contributed by atoms with van der Waals surface area (Å²) in [5, 5.41) is 2.99. The van der Waals surface area contributed by atoms with Gasteiger partial charge < -0.3 is 10.1 Å². The first-order valence-corrected chi connectivity index (χ1v) is 8.43. The summed E-state index contributed by atoms with van der Waals surface area (Å²) in [7, 11) is 0. The van der Waals surface area contributed by atoms with Crippen LogP contribution in [0.1, 0.15) is 27.0 Å². The van der Waals surface area contributed by atoms with E-state index in [0.717, 1.165) is 44.0 Å². The zero-order chi connectivity index (χ0) is 16.8. The van der Waals surface area contributed by atoms with Gasteiger partial charge in [0.25, 0.3) is 5.91 Å². The van der Waals surface area contributed by atoms with E-state index < -0.39 is 0 Å². The molecule has 0 atom stereocenters. The summed E-state index contributed by atoms with van der Waals surface area (Å²) in [6.45, 7) is 7.08. The first-order chi connectivity index (χ1) is 11.7. The monoisotopic (exact) mass is 324 g/mol. The molecule has 4 nitrogen and oxygen atoms in total. The van der Waals surface area contributed by atoms with Crippen LogP contribution in [0.15, 0.2) is 48.5 Å². The molecule has 1 saturated heterocycles. The molecule has 1 aliphatic heterocycles.